The molecule has 0 aliphatic rings. The highest BCUT2D eigenvalue weighted by molar-refractivity contribution is 5.86. The first kappa shape index (κ1) is 13.4. The van der Waals surface area contributed by atoms with E-state index in [2.05, 4.69) is 24.0 Å². The molecule has 0 unspecified atom stereocenters. The third-order valence-electron chi connectivity index (χ3n) is 3.03. The van der Waals surface area contributed by atoms with Gasteiger partial charge in [-0.1, -0.05) is 37.3 Å². The fourth-order valence-electron chi connectivity index (χ4n) is 2.01. The van der Waals surface area contributed by atoms with Crippen molar-refractivity contribution in [3.8, 4) is 0 Å². The molecule has 0 atom stereocenters. The average Bonchev–Trinajstić information content (AvgIpc) is 2.87. The molecule has 19 heavy (non-hydrogen) atoms. The predicted molar refractivity (Wildman–Crippen MR) is 71.9 cm³/mol. The molecule has 1 heterocycles. The van der Waals surface area contributed by atoms with E-state index in [9.17, 15) is 4.79 Å². The molecule has 0 spiro atoms. The van der Waals surface area contributed by atoms with Gasteiger partial charge in [-0.3, -0.25) is 4.90 Å². The normalized spacial score (nSPS) is 10.8. The fourth-order valence-corrected chi connectivity index (χ4v) is 2.01. The zero-order valence-corrected chi connectivity index (χ0v) is 10.9. The molecule has 2 rings (SSSR count). The van der Waals surface area contributed by atoms with Gasteiger partial charge in [0.25, 0.3) is 0 Å². The lowest BCUT2D eigenvalue weighted by atomic mass is 10.2. The molecule has 0 radical (unpaired) electrons. The van der Waals surface area contributed by atoms with Gasteiger partial charge in [-0.2, -0.15) is 0 Å². The molecule has 0 fully saturated rings. The number of carboxylic acids is 1. The smallest absolute Gasteiger partial charge is 0.372 e. The summed E-state index contributed by atoms with van der Waals surface area (Å²) in [6.45, 7) is 4.27. The Morgan fingerprint density at radius 1 is 1.21 bits per heavy atom. The number of hydrogen-bond donors (Lipinski definition) is 1. The summed E-state index contributed by atoms with van der Waals surface area (Å²) in [5.74, 6) is -0.984. The molecular formula is C15H17NO3. The van der Waals surface area contributed by atoms with E-state index in [4.69, 9.17) is 9.52 Å². The lowest BCUT2D eigenvalue weighted by Gasteiger charge is -2.20. The molecule has 0 amide bonds. The number of benzene rings is 1. The van der Waals surface area contributed by atoms with Gasteiger partial charge in [0, 0.05) is 18.7 Å². The number of nitrogens with zero attached hydrogens (tertiary/aromatic N) is 1. The van der Waals surface area contributed by atoms with Crippen molar-refractivity contribution < 1.29 is 14.3 Å². The van der Waals surface area contributed by atoms with Crippen molar-refractivity contribution in [1.82, 2.24) is 4.90 Å². The molecule has 0 bridgehead atoms. The Balaban J connectivity index is 2.07. The first-order valence-corrected chi connectivity index (χ1v) is 6.26. The van der Waals surface area contributed by atoms with E-state index >= 15 is 0 Å². The number of carboxylic acid groups (broad SMARTS) is 1. The van der Waals surface area contributed by atoms with E-state index in [-0.39, 0.29) is 5.76 Å². The van der Waals surface area contributed by atoms with Gasteiger partial charge in [0.15, 0.2) is 0 Å². The highest BCUT2D eigenvalue weighted by Gasteiger charge is 2.16. The second-order valence-corrected chi connectivity index (χ2v) is 4.37. The number of carbonyl (C=O) groups is 1. The van der Waals surface area contributed by atoms with Crippen LogP contribution < -0.4 is 0 Å². The van der Waals surface area contributed by atoms with Gasteiger partial charge < -0.3 is 9.52 Å². The maximum Gasteiger partial charge on any atom is 0.372 e. The monoisotopic (exact) mass is 259 g/mol. The SMILES string of the molecule is CCN(Cc1ccccc1)Cc1ccoc1C(=O)O. The van der Waals surface area contributed by atoms with Crippen molar-refractivity contribution in [3.63, 3.8) is 0 Å². The van der Waals surface area contributed by atoms with E-state index in [1.54, 1.807) is 6.07 Å². The van der Waals surface area contributed by atoms with Gasteiger partial charge in [-0.05, 0) is 18.2 Å². The highest BCUT2D eigenvalue weighted by Crippen LogP contribution is 2.15. The Morgan fingerprint density at radius 3 is 2.58 bits per heavy atom. The summed E-state index contributed by atoms with van der Waals surface area (Å²) in [6.07, 6.45) is 1.43. The third kappa shape index (κ3) is 3.45. The van der Waals surface area contributed by atoms with Gasteiger partial charge in [0.05, 0.1) is 6.26 Å². The van der Waals surface area contributed by atoms with E-state index < -0.39 is 5.97 Å². The Kier molecular flexibility index (Phi) is 4.36. The van der Waals surface area contributed by atoms with Crippen LogP contribution in [-0.4, -0.2) is 22.5 Å². The number of furan rings is 1. The van der Waals surface area contributed by atoms with Crippen LogP contribution in [-0.2, 0) is 13.1 Å². The maximum atomic E-state index is 11.0. The van der Waals surface area contributed by atoms with Crippen LogP contribution in [0, 0.1) is 0 Å². The highest BCUT2D eigenvalue weighted by atomic mass is 16.4. The van der Waals surface area contributed by atoms with Crippen molar-refractivity contribution >= 4 is 5.97 Å². The number of hydrogen-bond acceptors (Lipinski definition) is 3. The van der Waals surface area contributed by atoms with Crippen LogP contribution in [0.5, 0.6) is 0 Å². The molecule has 4 nitrogen and oxygen atoms in total. The van der Waals surface area contributed by atoms with Crippen molar-refractivity contribution in [1.29, 1.82) is 0 Å². The maximum absolute atomic E-state index is 11.0. The van der Waals surface area contributed by atoms with E-state index in [1.165, 1.54) is 11.8 Å². The van der Waals surface area contributed by atoms with Gasteiger partial charge in [0.2, 0.25) is 5.76 Å². The molecule has 1 aromatic carbocycles. The summed E-state index contributed by atoms with van der Waals surface area (Å²) >= 11 is 0. The van der Waals surface area contributed by atoms with Crippen LogP contribution in [0.15, 0.2) is 47.1 Å². The average molecular weight is 259 g/mol. The van der Waals surface area contributed by atoms with Crippen molar-refractivity contribution in [2.45, 2.75) is 20.0 Å². The van der Waals surface area contributed by atoms with Crippen LogP contribution >= 0.6 is 0 Å². The van der Waals surface area contributed by atoms with Gasteiger partial charge in [-0.15, -0.1) is 0 Å². The van der Waals surface area contributed by atoms with E-state index in [1.807, 2.05) is 18.2 Å². The van der Waals surface area contributed by atoms with Crippen LogP contribution in [0.4, 0.5) is 0 Å². The summed E-state index contributed by atoms with van der Waals surface area (Å²) < 4.78 is 5.00. The second-order valence-electron chi connectivity index (χ2n) is 4.37. The molecule has 1 aromatic heterocycles. The summed E-state index contributed by atoms with van der Waals surface area (Å²) in [6, 6.07) is 11.8. The molecular weight excluding hydrogens is 242 g/mol. The van der Waals surface area contributed by atoms with Gasteiger partial charge in [-0.25, -0.2) is 4.79 Å². The van der Waals surface area contributed by atoms with E-state index in [0.29, 0.717) is 12.1 Å². The fraction of sp³-hybridized carbons (Fsp3) is 0.267. The zero-order valence-electron chi connectivity index (χ0n) is 10.9. The topological polar surface area (TPSA) is 53.7 Å². The summed E-state index contributed by atoms with van der Waals surface area (Å²) in [4.78, 5) is 13.2. The number of aromatic carboxylic acids is 1. The lowest BCUT2D eigenvalue weighted by molar-refractivity contribution is 0.0659. The minimum Gasteiger partial charge on any atom is -0.475 e. The van der Waals surface area contributed by atoms with Gasteiger partial charge in [0.1, 0.15) is 0 Å². The minimum atomic E-state index is -1.02. The Bertz CT molecular complexity index is 533. The predicted octanol–water partition coefficient (Wildman–Crippen LogP) is 3.00. The molecule has 0 aliphatic heterocycles. The van der Waals surface area contributed by atoms with Crippen LogP contribution in [0.2, 0.25) is 0 Å². The second kappa shape index (κ2) is 6.20. The standard InChI is InChI=1S/C15H17NO3/c1-2-16(10-12-6-4-3-5-7-12)11-13-8-9-19-14(13)15(17)18/h3-9H,2,10-11H2,1H3,(H,17,18). The Labute approximate surface area is 112 Å². The molecule has 4 heteroatoms. The lowest BCUT2D eigenvalue weighted by Crippen LogP contribution is -2.23. The Morgan fingerprint density at radius 2 is 1.95 bits per heavy atom. The first-order chi connectivity index (χ1) is 9.20. The van der Waals surface area contributed by atoms with Crippen LogP contribution in [0.3, 0.4) is 0 Å². The van der Waals surface area contributed by atoms with Crippen molar-refractivity contribution in [3.05, 3.63) is 59.5 Å². The largest absolute Gasteiger partial charge is 0.475 e. The molecule has 0 aliphatic carbocycles. The zero-order chi connectivity index (χ0) is 13.7. The first-order valence-electron chi connectivity index (χ1n) is 6.26. The van der Waals surface area contributed by atoms with Crippen molar-refractivity contribution in [2.24, 2.45) is 0 Å². The summed E-state index contributed by atoms with van der Waals surface area (Å²) in [5.41, 5.74) is 1.93. The molecule has 0 saturated carbocycles. The van der Waals surface area contributed by atoms with E-state index in [0.717, 1.165) is 13.1 Å². The number of rotatable bonds is 6. The Hall–Kier alpha value is -2.07. The van der Waals surface area contributed by atoms with Crippen LogP contribution in [0.25, 0.3) is 0 Å². The molecule has 1 N–H and O–H groups in total. The minimum absolute atomic E-state index is 0.0338. The molecule has 0 saturated heterocycles. The molecule has 2 aromatic rings. The van der Waals surface area contributed by atoms with Crippen molar-refractivity contribution in [2.75, 3.05) is 6.54 Å². The molecule has 100 valence electrons. The summed E-state index contributed by atoms with van der Waals surface area (Å²) in [5, 5.41) is 9.02. The van der Waals surface area contributed by atoms with Crippen LogP contribution in [0.1, 0.15) is 28.6 Å². The quantitative estimate of drug-likeness (QED) is 0.866. The summed E-state index contributed by atoms with van der Waals surface area (Å²) in [7, 11) is 0. The van der Waals surface area contributed by atoms with Gasteiger partial charge >= 0.3 is 5.97 Å². The third-order valence-corrected chi connectivity index (χ3v) is 3.03.